The van der Waals surface area contributed by atoms with E-state index in [1.165, 1.54) is 6.92 Å². The van der Waals surface area contributed by atoms with Crippen LogP contribution in [-0.4, -0.2) is 45.7 Å². The highest BCUT2D eigenvalue weighted by molar-refractivity contribution is 5.98. The summed E-state index contributed by atoms with van der Waals surface area (Å²) in [5, 5.41) is 3.67. The summed E-state index contributed by atoms with van der Waals surface area (Å²) in [5.41, 5.74) is 2.80. The Kier molecular flexibility index (Phi) is 4.37. The summed E-state index contributed by atoms with van der Waals surface area (Å²) in [7, 11) is 3.62. The van der Waals surface area contributed by atoms with Gasteiger partial charge < -0.3 is 19.4 Å². The Balaban J connectivity index is 1.82. The molecule has 140 valence electrons. The van der Waals surface area contributed by atoms with Crippen LogP contribution in [0.15, 0.2) is 30.9 Å². The molecule has 1 aliphatic rings. The monoisotopic (exact) mass is 367 g/mol. The van der Waals surface area contributed by atoms with Crippen molar-refractivity contribution in [2.24, 2.45) is 7.05 Å². The van der Waals surface area contributed by atoms with Gasteiger partial charge in [0.25, 0.3) is 0 Å². The highest BCUT2D eigenvalue weighted by atomic mass is 16.5. The predicted molar refractivity (Wildman–Crippen MR) is 100 cm³/mol. The first-order valence-corrected chi connectivity index (χ1v) is 8.71. The summed E-state index contributed by atoms with van der Waals surface area (Å²) in [6.07, 6.45) is 7.94. The van der Waals surface area contributed by atoms with Crippen LogP contribution in [0.1, 0.15) is 19.0 Å². The van der Waals surface area contributed by atoms with E-state index in [0.717, 1.165) is 34.3 Å². The predicted octanol–water partition coefficient (Wildman–Crippen LogP) is 2.25. The van der Waals surface area contributed by atoms with E-state index >= 15 is 0 Å². The number of nitrogens with zero attached hydrogens (tertiary/aromatic N) is 4. The van der Waals surface area contributed by atoms with Gasteiger partial charge in [0.1, 0.15) is 11.4 Å². The van der Waals surface area contributed by atoms with Gasteiger partial charge in [-0.05, 0) is 6.07 Å². The molecule has 0 aromatic carbocycles. The fourth-order valence-electron chi connectivity index (χ4n) is 3.46. The zero-order chi connectivity index (χ0) is 19.0. The lowest BCUT2D eigenvalue weighted by molar-refractivity contribution is -0.114. The fraction of sp³-hybridized carbons (Fsp3) is 0.368. The number of aryl methyl sites for hydroxylation is 1. The molecule has 0 aliphatic carbocycles. The Morgan fingerprint density at radius 2 is 2.22 bits per heavy atom. The Bertz CT molecular complexity index is 1010. The third-order valence-electron chi connectivity index (χ3n) is 4.93. The maximum absolute atomic E-state index is 11.4. The molecule has 3 aromatic heterocycles. The number of anilines is 1. The Hall–Kier alpha value is -2.84. The average Bonchev–Trinajstić information content (AvgIpc) is 3.27. The molecule has 1 aliphatic heterocycles. The number of hydrogen-bond donors (Lipinski definition) is 1. The molecule has 4 rings (SSSR count). The lowest BCUT2D eigenvalue weighted by Gasteiger charge is -2.24. The van der Waals surface area contributed by atoms with Gasteiger partial charge >= 0.3 is 0 Å². The number of fused-ring (bicyclic) bond motifs is 1. The number of pyridine rings is 1. The van der Waals surface area contributed by atoms with E-state index in [1.54, 1.807) is 25.7 Å². The molecule has 0 unspecified atom stereocenters. The van der Waals surface area contributed by atoms with E-state index in [2.05, 4.69) is 15.3 Å². The first kappa shape index (κ1) is 17.6. The van der Waals surface area contributed by atoms with Crippen LogP contribution in [0.3, 0.4) is 0 Å². The van der Waals surface area contributed by atoms with E-state index in [4.69, 9.17) is 14.5 Å². The van der Waals surface area contributed by atoms with Crippen LogP contribution in [0.2, 0.25) is 0 Å². The van der Waals surface area contributed by atoms with E-state index in [-0.39, 0.29) is 5.91 Å². The minimum atomic E-state index is -0.559. The maximum atomic E-state index is 11.4. The second-order valence-electron chi connectivity index (χ2n) is 6.71. The molecule has 8 nitrogen and oxygen atoms in total. The molecule has 4 heterocycles. The third-order valence-corrected chi connectivity index (χ3v) is 4.93. The highest BCUT2D eigenvalue weighted by Crippen LogP contribution is 2.35. The quantitative estimate of drug-likeness (QED) is 0.760. The number of hydrogen-bond acceptors (Lipinski definition) is 6. The van der Waals surface area contributed by atoms with Gasteiger partial charge in [0.2, 0.25) is 5.91 Å². The molecule has 27 heavy (non-hydrogen) atoms. The van der Waals surface area contributed by atoms with Gasteiger partial charge in [-0.2, -0.15) is 0 Å². The Morgan fingerprint density at radius 1 is 1.37 bits per heavy atom. The molecule has 0 radical (unpaired) electrons. The van der Waals surface area contributed by atoms with Crippen molar-refractivity contribution in [3.05, 3.63) is 36.5 Å². The molecule has 1 N–H and O–H groups in total. The summed E-state index contributed by atoms with van der Waals surface area (Å²) < 4.78 is 13.3. The average molecular weight is 367 g/mol. The third kappa shape index (κ3) is 3.07. The van der Waals surface area contributed by atoms with Gasteiger partial charge in [-0.15, -0.1) is 0 Å². The summed E-state index contributed by atoms with van der Waals surface area (Å²) in [6, 6.07) is 1.85. The summed E-state index contributed by atoms with van der Waals surface area (Å²) >= 11 is 0. The molecule has 1 fully saturated rings. The number of ether oxygens (including phenoxy) is 2. The van der Waals surface area contributed by atoms with Crippen LogP contribution in [-0.2, 0) is 26.9 Å². The van der Waals surface area contributed by atoms with Gasteiger partial charge in [0.05, 0.1) is 42.1 Å². The zero-order valence-corrected chi connectivity index (χ0v) is 15.5. The minimum absolute atomic E-state index is 0.163. The molecule has 0 bridgehead atoms. The van der Waals surface area contributed by atoms with Crippen LogP contribution in [0, 0.1) is 0 Å². The lowest BCUT2D eigenvalue weighted by atomic mass is 9.98. The molecular formula is C19H21N5O3. The Labute approximate surface area is 156 Å². The van der Waals surface area contributed by atoms with Gasteiger partial charge in [0, 0.05) is 51.3 Å². The standard InChI is InChI=1S/C19H21N5O3/c1-12(25)22-18-6-13-14(10-24(2)16(13)8-21-18)15-7-20-9-17(23-15)19(26-3)4-5-27-11-19/h6-10H,4-5,11H2,1-3H3,(H,21,22,25)/t19-/m0/s1. The number of amides is 1. The van der Waals surface area contributed by atoms with E-state index < -0.39 is 5.60 Å². The topological polar surface area (TPSA) is 91.2 Å². The highest BCUT2D eigenvalue weighted by Gasteiger charge is 2.38. The smallest absolute Gasteiger partial charge is 0.222 e. The van der Waals surface area contributed by atoms with Gasteiger partial charge in [-0.1, -0.05) is 0 Å². The number of carbonyl (C=O) groups is 1. The number of aromatic nitrogens is 4. The van der Waals surface area contributed by atoms with Crippen LogP contribution in [0.4, 0.5) is 5.82 Å². The van der Waals surface area contributed by atoms with E-state index in [9.17, 15) is 4.79 Å². The SMILES string of the molecule is CO[C@@]1(c2cncc(-c3cn(C)c4cnc(NC(C)=O)cc34)n2)CCOC1. The normalized spacial score (nSPS) is 19.5. The van der Waals surface area contributed by atoms with Crippen molar-refractivity contribution in [1.29, 1.82) is 0 Å². The minimum Gasteiger partial charge on any atom is -0.378 e. The maximum Gasteiger partial charge on any atom is 0.222 e. The molecule has 1 atom stereocenters. The number of nitrogens with one attached hydrogen (secondary N) is 1. The number of methoxy groups -OCH3 is 1. The summed E-state index contributed by atoms with van der Waals surface area (Å²) in [6.45, 7) is 2.56. The van der Waals surface area contributed by atoms with Gasteiger partial charge in [0.15, 0.2) is 0 Å². The first-order chi connectivity index (χ1) is 13.0. The van der Waals surface area contributed by atoms with Crippen LogP contribution < -0.4 is 5.32 Å². The van der Waals surface area contributed by atoms with Crippen molar-refractivity contribution in [2.75, 3.05) is 25.6 Å². The molecule has 1 amide bonds. The van der Waals surface area contributed by atoms with Crippen molar-refractivity contribution in [3.63, 3.8) is 0 Å². The zero-order valence-electron chi connectivity index (χ0n) is 15.5. The van der Waals surface area contributed by atoms with Crippen LogP contribution >= 0.6 is 0 Å². The second kappa shape index (κ2) is 6.71. The summed E-state index contributed by atoms with van der Waals surface area (Å²) in [4.78, 5) is 24.9. The lowest BCUT2D eigenvalue weighted by Crippen LogP contribution is -2.30. The Morgan fingerprint density at radius 3 is 2.93 bits per heavy atom. The molecule has 3 aromatic rings. The fourth-order valence-corrected chi connectivity index (χ4v) is 3.46. The van der Waals surface area contributed by atoms with Crippen molar-refractivity contribution in [3.8, 4) is 11.3 Å². The van der Waals surface area contributed by atoms with Crippen molar-refractivity contribution < 1.29 is 14.3 Å². The molecule has 8 heteroatoms. The summed E-state index contributed by atoms with van der Waals surface area (Å²) in [5.74, 6) is 0.341. The first-order valence-electron chi connectivity index (χ1n) is 8.71. The van der Waals surface area contributed by atoms with Crippen LogP contribution in [0.5, 0.6) is 0 Å². The van der Waals surface area contributed by atoms with Gasteiger partial charge in [-0.3, -0.25) is 9.78 Å². The second-order valence-corrected chi connectivity index (χ2v) is 6.71. The largest absolute Gasteiger partial charge is 0.378 e. The van der Waals surface area contributed by atoms with Crippen molar-refractivity contribution >= 4 is 22.6 Å². The van der Waals surface area contributed by atoms with Crippen molar-refractivity contribution in [1.82, 2.24) is 19.5 Å². The van der Waals surface area contributed by atoms with Crippen molar-refractivity contribution in [2.45, 2.75) is 18.9 Å². The molecule has 0 saturated carbocycles. The van der Waals surface area contributed by atoms with E-state index in [1.807, 2.05) is 23.9 Å². The number of carbonyl (C=O) groups excluding carboxylic acids is 1. The van der Waals surface area contributed by atoms with Gasteiger partial charge in [-0.25, -0.2) is 9.97 Å². The van der Waals surface area contributed by atoms with Crippen LogP contribution in [0.25, 0.3) is 22.2 Å². The number of rotatable bonds is 4. The molecule has 0 spiro atoms. The van der Waals surface area contributed by atoms with E-state index in [0.29, 0.717) is 19.0 Å². The molecular weight excluding hydrogens is 346 g/mol. The molecule has 1 saturated heterocycles.